The number of amides is 2. The van der Waals surface area contributed by atoms with Crippen LogP contribution >= 0.6 is 27.5 Å². The van der Waals surface area contributed by atoms with Gasteiger partial charge >= 0.3 is 0 Å². The zero-order chi connectivity index (χ0) is 34.6. The zero-order valence-electron chi connectivity index (χ0n) is 27.8. The second-order valence-electron chi connectivity index (χ2n) is 14.0. The number of benzene rings is 2. The molecule has 0 unspecified atom stereocenters. The summed E-state index contributed by atoms with van der Waals surface area (Å²) in [6, 6.07) is 11.8. The van der Waals surface area contributed by atoms with Crippen LogP contribution in [0.25, 0.3) is 33.6 Å². The number of nitrogens with one attached hydrogen (secondary N) is 2. The minimum absolute atomic E-state index is 0.0363. The van der Waals surface area contributed by atoms with E-state index >= 15 is 0 Å². The first-order valence-corrected chi connectivity index (χ1v) is 17.7. The number of nitrogens with zero attached hydrogens (tertiary/aromatic N) is 6. The maximum Gasteiger partial charge on any atom is 0.237 e. The molecular weight excluding hydrogens is 724 g/mol. The third-order valence-corrected chi connectivity index (χ3v) is 11.5. The largest absolute Gasteiger partial charge is 0.480 e. The lowest BCUT2D eigenvalue weighted by Crippen LogP contribution is -2.56. The summed E-state index contributed by atoms with van der Waals surface area (Å²) in [5, 5.41) is 6.43. The van der Waals surface area contributed by atoms with Crippen molar-refractivity contribution >= 4 is 39.3 Å². The molecule has 0 aliphatic carbocycles. The number of hydrogen-bond acceptors (Lipinski definition) is 10. The van der Waals surface area contributed by atoms with Gasteiger partial charge in [0.25, 0.3) is 0 Å². The average molecular weight is 760 g/mol. The van der Waals surface area contributed by atoms with E-state index in [-0.39, 0.29) is 22.6 Å². The van der Waals surface area contributed by atoms with E-state index in [1.165, 1.54) is 0 Å². The summed E-state index contributed by atoms with van der Waals surface area (Å²) in [5.74, 6) is 1.17. The second kappa shape index (κ2) is 12.9. The van der Waals surface area contributed by atoms with E-state index in [0.717, 1.165) is 77.4 Å². The lowest BCUT2D eigenvalue weighted by molar-refractivity contribution is -0.121. The molecule has 0 radical (unpaired) electrons. The van der Waals surface area contributed by atoms with Crippen molar-refractivity contribution in [3.63, 3.8) is 0 Å². The number of rotatable bonds is 9. The van der Waals surface area contributed by atoms with Crippen molar-refractivity contribution < 1.29 is 19.1 Å². The van der Waals surface area contributed by atoms with Gasteiger partial charge in [0.15, 0.2) is 0 Å². The third-order valence-electron chi connectivity index (χ3n) is 10.2. The maximum atomic E-state index is 11.7. The molecule has 2 aromatic carbocycles. The van der Waals surface area contributed by atoms with E-state index in [1.54, 1.807) is 26.6 Å². The van der Waals surface area contributed by atoms with Gasteiger partial charge in [-0.05, 0) is 21.5 Å². The van der Waals surface area contributed by atoms with Crippen LogP contribution in [-0.4, -0.2) is 95.0 Å². The molecule has 2 N–H and O–H groups in total. The molecule has 0 bridgehead atoms. The van der Waals surface area contributed by atoms with Crippen molar-refractivity contribution in [3.05, 3.63) is 69.7 Å². The summed E-state index contributed by atoms with van der Waals surface area (Å²) in [6.07, 6.45) is 4.66. The number of carbonyl (C=O) groups is 2. The summed E-state index contributed by atoms with van der Waals surface area (Å²) in [7, 11) is 3.20. The second-order valence-corrected chi connectivity index (χ2v) is 15.1. The summed E-state index contributed by atoms with van der Waals surface area (Å²) in [4.78, 5) is 47.2. The normalized spacial score (nSPS) is 19.3. The minimum atomic E-state index is 0.0363. The van der Waals surface area contributed by atoms with Gasteiger partial charge in [-0.1, -0.05) is 48.0 Å². The predicted octanol–water partition coefficient (Wildman–Crippen LogP) is 4.34. The molecule has 8 rings (SSSR count). The zero-order valence-corrected chi connectivity index (χ0v) is 30.1. The summed E-state index contributed by atoms with van der Waals surface area (Å²) in [5.41, 5.74) is 6.11. The fraction of sp³-hybridized carbons (Fsp3) is 0.389. The topological polar surface area (TPSA) is 135 Å². The molecule has 2 amide bonds. The first-order chi connectivity index (χ1) is 24.2. The summed E-state index contributed by atoms with van der Waals surface area (Å²) < 4.78 is 12.2. The predicted molar refractivity (Wildman–Crippen MR) is 190 cm³/mol. The lowest BCUT2D eigenvalue weighted by atomic mass is 9.79. The van der Waals surface area contributed by atoms with E-state index in [1.807, 2.05) is 36.4 Å². The Kier molecular flexibility index (Phi) is 8.49. The molecule has 4 saturated heterocycles. The van der Waals surface area contributed by atoms with E-state index in [4.69, 9.17) is 41.0 Å². The number of halogens is 2. The quantitative estimate of drug-likeness (QED) is 0.254. The Morgan fingerprint density at radius 3 is 1.68 bits per heavy atom. The highest BCUT2D eigenvalue weighted by Crippen LogP contribution is 2.43. The van der Waals surface area contributed by atoms with E-state index < -0.39 is 0 Å². The van der Waals surface area contributed by atoms with Crippen LogP contribution < -0.4 is 20.1 Å². The Balaban J connectivity index is 1.01. The highest BCUT2D eigenvalue weighted by Gasteiger charge is 2.49. The molecule has 50 heavy (non-hydrogen) atoms. The number of methoxy groups -OCH3 is 2. The van der Waals surface area contributed by atoms with E-state index in [9.17, 15) is 9.59 Å². The van der Waals surface area contributed by atoms with Crippen LogP contribution in [-0.2, 0) is 22.7 Å². The third kappa shape index (κ3) is 5.99. The van der Waals surface area contributed by atoms with Crippen LogP contribution in [0.2, 0.25) is 5.02 Å². The minimum Gasteiger partial charge on any atom is -0.480 e. The molecule has 4 fully saturated rings. The average Bonchev–Trinajstić information content (AvgIpc) is 3.68. The Morgan fingerprint density at radius 2 is 1.20 bits per heavy atom. The molecule has 12 nitrogen and oxygen atoms in total. The number of aromatic nitrogens is 4. The van der Waals surface area contributed by atoms with Gasteiger partial charge in [-0.2, -0.15) is 0 Å². The van der Waals surface area contributed by atoms with Gasteiger partial charge in [0.05, 0.1) is 43.0 Å². The maximum absolute atomic E-state index is 11.7. The van der Waals surface area contributed by atoms with Crippen LogP contribution in [0.5, 0.6) is 11.8 Å². The van der Waals surface area contributed by atoms with Crippen molar-refractivity contribution in [1.29, 1.82) is 0 Å². The van der Waals surface area contributed by atoms with E-state index in [0.29, 0.717) is 54.1 Å². The molecule has 4 aromatic rings. The Bertz CT molecular complexity index is 1870. The van der Waals surface area contributed by atoms with Crippen LogP contribution in [0.15, 0.2) is 53.3 Å². The molecule has 2 aromatic heterocycles. The number of likely N-dealkylation sites (tertiary alicyclic amines) is 2. The van der Waals surface area contributed by atoms with Gasteiger partial charge in [-0.15, -0.1) is 0 Å². The first-order valence-electron chi connectivity index (χ1n) is 16.5. The Labute approximate surface area is 303 Å². The highest BCUT2D eigenvalue weighted by atomic mass is 79.9. The van der Waals surface area contributed by atoms with Gasteiger partial charge in [0, 0.05) is 97.2 Å². The van der Waals surface area contributed by atoms with Gasteiger partial charge < -0.3 is 20.1 Å². The van der Waals surface area contributed by atoms with Crippen LogP contribution in [0.1, 0.15) is 24.2 Å². The van der Waals surface area contributed by atoms with Crippen molar-refractivity contribution in [2.45, 2.75) is 25.9 Å². The number of hydrogen-bond donors (Lipinski definition) is 2. The van der Waals surface area contributed by atoms with Crippen molar-refractivity contribution in [1.82, 2.24) is 40.4 Å². The fourth-order valence-corrected chi connectivity index (χ4v) is 8.88. The SMILES string of the molecule is COc1nc(-c2cccc(-c3cccc(-c4cnc(CN5CC6(CNC(=O)C6)C5)c(OC)n4)c3Br)c2Cl)cnc1CN1CC2(CNC(=O)C2)C1. The van der Waals surface area contributed by atoms with Gasteiger partial charge in [0.1, 0.15) is 11.4 Å². The standard InChI is InChI=1S/C36H36BrClN8O4/c1-49-33-27(13-45-17-35(18-45)9-29(47)41-15-35)39-11-25(43-33)23-7-3-5-21(31(23)37)22-6-4-8-24(32(22)38)26-12-40-28(34(44-26)50-2)14-46-19-36(20-46)10-30(48)42-16-36/h3-8,11-12H,9-10,13-20H2,1-2H3,(H,41,47)(H,42,48). The summed E-state index contributed by atoms with van der Waals surface area (Å²) >= 11 is 11.0. The summed E-state index contributed by atoms with van der Waals surface area (Å²) in [6.45, 7) is 6.02. The molecule has 6 heterocycles. The number of ether oxygens (including phenoxy) is 2. The van der Waals surface area contributed by atoms with Crippen LogP contribution in [0.4, 0.5) is 0 Å². The van der Waals surface area contributed by atoms with Crippen molar-refractivity contribution in [2.24, 2.45) is 10.8 Å². The van der Waals surface area contributed by atoms with E-state index in [2.05, 4.69) is 36.4 Å². The smallest absolute Gasteiger partial charge is 0.237 e. The molecule has 4 aliphatic heterocycles. The molecule has 14 heteroatoms. The lowest BCUT2D eigenvalue weighted by Gasteiger charge is -2.46. The van der Waals surface area contributed by atoms with Crippen LogP contribution in [0, 0.1) is 10.8 Å². The Morgan fingerprint density at radius 1 is 0.740 bits per heavy atom. The van der Waals surface area contributed by atoms with Gasteiger partial charge in [-0.25, -0.2) is 9.97 Å². The molecule has 0 atom stereocenters. The van der Waals surface area contributed by atoms with Crippen LogP contribution in [0.3, 0.4) is 0 Å². The van der Waals surface area contributed by atoms with Gasteiger partial charge in [-0.3, -0.25) is 29.4 Å². The monoisotopic (exact) mass is 758 g/mol. The molecule has 2 spiro atoms. The van der Waals surface area contributed by atoms with Crippen molar-refractivity contribution in [2.75, 3.05) is 53.5 Å². The first kappa shape index (κ1) is 33.0. The molecule has 258 valence electrons. The Hall–Kier alpha value is -4.17. The van der Waals surface area contributed by atoms with Crippen molar-refractivity contribution in [3.8, 4) is 45.4 Å². The highest BCUT2D eigenvalue weighted by molar-refractivity contribution is 9.10. The number of carbonyl (C=O) groups excluding carboxylic acids is 2. The molecule has 4 aliphatic rings. The molecular formula is C36H36BrClN8O4. The molecule has 0 saturated carbocycles. The fourth-order valence-electron chi connectivity index (χ4n) is 7.88. The van der Waals surface area contributed by atoms with Gasteiger partial charge in [0.2, 0.25) is 23.6 Å².